The first-order chi connectivity index (χ1) is 24.8. The van der Waals surface area contributed by atoms with Crippen LogP contribution in [0.5, 0.6) is 11.5 Å². The van der Waals surface area contributed by atoms with Gasteiger partial charge in [0.25, 0.3) is 11.8 Å². The number of hydrogen-bond donors (Lipinski definition) is 3. The maximum atomic E-state index is 16.2. The molecule has 0 unspecified atom stereocenters. The Kier molecular flexibility index (Phi) is 9.19. The smallest absolute Gasteiger partial charge is 0.281 e. The molecule has 1 saturated heterocycles. The number of halogens is 1. The zero-order valence-electron chi connectivity index (χ0n) is 27.6. The fourth-order valence-corrected chi connectivity index (χ4v) is 6.30. The molecule has 1 aliphatic heterocycles. The van der Waals surface area contributed by atoms with Crippen molar-refractivity contribution in [1.82, 2.24) is 19.5 Å². The maximum absolute atomic E-state index is 16.2. The molecule has 1 amide bonds. The van der Waals surface area contributed by atoms with Gasteiger partial charge in [0, 0.05) is 5.56 Å². The number of hydrogen-bond acceptors (Lipinski definition) is 10. The number of imidazole rings is 1. The highest BCUT2D eigenvalue weighted by Gasteiger charge is 2.58. The monoisotopic (exact) mass is 691 g/mol. The molecule has 4 aromatic carbocycles. The Balaban J connectivity index is 1.22. The lowest BCUT2D eigenvalue weighted by atomic mass is 9.80. The van der Waals surface area contributed by atoms with E-state index < -0.39 is 35.8 Å². The molecule has 6 aromatic rings. The van der Waals surface area contributed by atoms with Crippen molar-refractivity contribution in [3.05, 3.63) is 144 Å². The van der Waals surface area contributed by atoms with Crippen LogP contribution in [0, 0.1) is 0 Å². The first-order valence-corrected chi connectivity index (χ1v) is 16.0. The summed E-state index contributed by atoms with van der Waals surface area (Å²) >= 11 is 0. The van der Waals surface area contributed by atoms with Crippen molar-refractivity contribution in [2.24, 2.45) is 0 Å². The molecular formula is C38H34FN5O7. The van der Waals surface area contributed by atoms with Crippen LogP contribution < -0.4 is 14.8 Å². The molecule has 2 aromatic heterocycles. The number of carbonyl (C=O) groups excluding carboxylic acids is 1. The summed E-state index contributed by atoms with van der Waals surface area (Å²) in [6.45, 7) is -0.364. The van der Waals surface area contributed by atoms with Gasteiger partial charge in [-0.15, -0.1) is 0 Å². The molecule has 0 saturated carbocycles. The van der Waals surface area contributed by atoms with Crippen molar-refractivity contribution in [2.45, 2.75) is 29.9 Å². The Morgan fingerprint density at radius 2 is 1.43 bits per heavy atom. The Bertz CT molecular complexity index is 2070. The van der Waals surface area contributed by atoms with Crippen LogP contribution in [0.4, 0.5) is 10.2 Å². The fourth-order valence-electron chi connectivity index (χ4n) is 6.30. The van der Waals surface area contributed by atoms with E-state index in [0.29, 0.717) is 28.2 Å². The minimum Gasteiger partial charge on any atom is -0.497 e. The SMILES string of the molecule is COc1ccc(C(OC[C@H]2O[C@@H](n3cnc4c(NC(=O)c5ccccc5)ncnc43)[C@@](O)(F)[C@@H]2O)(c2ccccc2)c2ccc(OC)cc2)cc1. The highest BCUT2D eigenvalue weighted by Crippen LogP contribution is 2.45. The lowest BCUT2D eigenvalue weighted by Gasteiger charge is -2.37. The molecule has 1 fully saturated rings. The van der Waals surface area contributed by atoms with Crippen LogP contribution in [0.2, 0.25) is 0 Å². The summed E-state index contributed by atoms with van der Waals surface area (Å²) in [5, 5.41) is 25.0. The van der Waals surface area contributed by atoms with Crippen LogP contribution in [0.25, 0.3) is 11.2 Å². The molecule has 0 spiro atoms. The third-order valence-corrected chi connectivity index (χ3v) is 8.93. The van der Waals surface area contributed by atoms with E-state index in [0.717, 1.165) is 10.1 Å². The van der Waals surface area contributed by atoms with Gasteiger partial charge in [-0.1, -0.05) is 72.8 Å². The molecular weight excluding hydrogens is 657 g/mol. The first-order valence-electron chi connectivity index (χ1n) is 16.0. The largest absolute Gasteiger partial charge is 0.497 e. The van der Waals surface area contributed by atoms with E-state index in [-0.39, 0.29) is 23.6 Å². The molecule has 51 heavy (non-hydrogen) atoms. The van der Waals surface area contributed by atoms with Gasteiger partial charge in [0.2, 0.25) is 0 Å². The van der Waals surface area contributed by atoms with Gasteiger partial charge in [0.05, 0.1) is 27.2 Å². The predicted molar refractivity (Wildman–Crippen MR) is 184 cm³/mol. The minimum atomic E-state index is -3.30. The average molecular weight is 692 g/mol. The van der Waals surface area contributed by atoms with Crippen LogP contribution >= 0.6 is 0 Å². The zero-order chi connectivity index (χ0) is 35.6. The standard InChI is InChI=1S/C38H34FN5O7/c1-48-28-17-13-26(14-18-28)37(25-11-7-4-8-12-25,27-15-19-29(49-2)20-16-27)50-21-30-32(45)38(39,47)36(51-30)44-23-42-31-33(40-22-41-34(31)44)43-35(46)24-9-5-3-6-10-24/h3-20,22-23,30,32,36,45,47H,21H2,1-2H3,(H,40,41,43,46)/t30-,32-,36-,38-/m1/s1. The molecule has 0 aliphatic carbocycles. The van der Waals surface area contributed by atoms with Gasteiger partial charge in [0.15, 0.2) is 23.2 Å². The normalized spacial score (nSPS) is 20.3. The van der Waals surface area contributed by atoms with E-state index >= 15 is 4.39 Å². The Morgan fingerprint density at radius 1 is 0.863 bits per heavy atom. The molecule has 3 heterocycles. The Morgan fingerprint density at radius 3 is 2.02 bits per heavy atom. The third kappa shape index (κ3) is 6.17. The molecule has 12 nitrogen and oxygen atoms in total. The first kappa shape index (κ1) is 33.8. The summed E-state index contributed by atoms with van der Waals surface area (Å²) < 4.78 is 41.0. The topological polar surface area (TPSA) is 150 Å². The number of benzene rings is 4. The van der Waals surface area contributed by atoms with E-state index in [2.05, 4.69) is 20.3 Å². The van der Waals surface area contributed by atoms with Crippen LogP contribution in [0.1, 0.15) is 33.3 Å². The molecule has 1 aliphatic rings. The van der Waals surface area contributed by atoms with Crippen LogP contribution in [-0.2, 0) is 15.1 Å². The lowest BCUT2D eigenvalue weighted by Crippen LogP contribution is -2.44. The van der Waals surface area contributed by atoms with Gasteiger partial charge >= 0.3 is 0 Å². The van der Waals surface area contributed by atoms with Crippen molar-refractivity contribution in [1.29, 1.82) is 0 Å². The van der Waals surface area contributed by atoms with Crippen molar-refractivity contribution in [2.75, 3.05) is 26.1 Å². The van der Waals surface area contributed by atoms with Crippen LogP contribution in [0.3, 0.4) is 0 Å². The highest BCUT2D eigenvalue weighted by atomic mass is 19.2. The molecule has 13 heteroatoms. The van der Waals surface area contributed by atoms with E-state index in [9.17, 15) is 15.0 Å². The quantitative estimate of drug-likeness (QED) is 0.158. The van der Waals surface area contributed by atoms with E-state index in [1.165, 1.54) is 12.7 Å². The fraction of sp³-hybridized carbons (Fsp3) is 0.211. The van der Waals surface area contributed by atoms with E-state index in [1.807, 2.05) is 54.6 Å². The number of nitrogens with one attached hydrogen (secondary N) is 1. The number of aliphatic hydroxyl groups is 2. The van der Waals surface area contributed by atoms with Gasteiger partial charge in [-0.25, -0.2) is 19.3 Å². The van der Waals surface area contributed by atoms with Crippen molar-refractivity contribution < 1.29 is 38.3 Å². The predicted octanol–water partition coefficient (Wildman–Crippen LogP) is 5.02. The van der Waals surface area contributed by atoms with Gasteiger partial charge in [-0.2, -0.15) is 0 Å². The molecule has 3 N–H and O–H groups in total. The van der Waals surface area contributed by atoms with E-state index in [1.54, 1.807) is 68.8 Å². The number of carbonyl (C=O) groups is 1. The summed E-state index contributed by atoms with van der Waals surface area (Å²) in [6.07, 6.45) is -2.82. The third-order valence-electron chi connectivity index (χ3n) is 8.93. The van der Waals surface area contributed by atoms with Gasteiger partial charge in [-0.3, -0.25) is 9.36 Å². The molecule has 4 atom stereocenters. The van der Waals surface area contributed by atoms with Crippen molar-refractivity contribution in [3.8, 4) is 11.5 Å². The number of ether oxygens (including phenoxy) is 4. The second-order valence-electron chi connectivity index (χ2n) is 11.9. The number of aromatic nitrogens is 4. The number of anilines is 1. The summed E-state index contributed by atoms with van der Waals surface area (Å²) in [4.78, 5) is 25.5. The van der Waals surface area contributed by atoms with E-state index in [4.69, 9.17) is 18.9 Å². The van der Waals surface area contributed by atoms with Gasteiger partial charge in [0.1, 0.15) is 35.6 Å². The maximum Gasteiger partial charge on any atom is 0.281 e. The second kappa shape index (κ2) is 13.9. The number of alkyl halides is 1. The second-order valence-corrected chi connectivity index (χ2v) is 11.9. The number of aliphatic hydroxyl groups excluding tert-OH is 1. The van der Waals surface area contributed by atoms with Crippen molar-refractivity contribution in [3.63, 3.8) is 0 Å². The molecule has 0 radical (unpaired) electrons. The number of nitrogens with zero attached hydrogens (tertiary/aromatic N) is 4. The minimum absolute atomic E-state index is 0.0540. The zero-order valence-corrected chi connectivity index (χ0v) is 27.6. The summed E-state index contributed by atoms with van der Waals surface area (Å²) in [5.74, 6) is -2.40. The molecule has 7 rings (SSSR count). The number of methoxy groups -OCH3 is 2. The Hall–Kier alpha value is -5.73. The van der Waals surface area contributed by atoms with Crippen LogP contribution in [-0.4, -0.2) is 74.5 Å². The lowest BCUT2D eigenvalue weighted by molar-refractivity contribution is -0.195. The van der Waals surface area contributed by atoms with Gasteiger partial charge in [-0.05, 0) is 53.1 Å². The molecule has 260 valence electrons. The van der Waals surface area contributed by atoms with Crippen LogP contribution in [0.15, 0.2) is 122 Å². The summed E-state index contributed by atoms with van der Waals surface area (Å²) in [6, 6.07) is 32.6. The summed E-state index contributed by atoms with van der Waals surface area (Å²) in [5.41, 5.74) is 1.43. The highest BCUT2D eigenvalue weighted by molar-refractivity contribution is 6.06. The number of rotatable bonds is 11. The number of amides is 1. The van der Waals surface area contributed by atoms with Crippen molar-refractivity contribution >= 4 is 22.9 Å². The Labute approximate surface area is 292 Å². The average Bonchev–Trinajstić information content (AvgIpc) is 3.70. The number of fused-ring (bicyclic) bond motifs is 1. The van der Waals surface area contributed by atoms with Gasteiger partial charge < -0.3 is 34.5 Å². The molecule has 0 bridgehead atoms. The summed E-state index contributed by atoms with van der Waals surface area (Å²) in [7, 11) is 3.15.